The Morgan fingerprint density at radius 2 is 1.76 bits per heavy atom. The SMILES string of the molecule is Cc1cccc(C)c1N(C)C(=O)CCN1CCC(=O)CC1. The van der Waals surface area contributed by atoms with Gasteiger partial charge in [0.05, 0.1) is 0 Å². The number of piperidine rings is 1. The Bertz CT molecular complexity index is 509. The van der Waals surface area contributed by atoms with Crippen molar-refractivity contribution in [2.24, 2.45) is 0 Å². The van der Waals surface area contributed by atoms with Crippen molar-refractivity contribution in [1.82, 2.24) is 4.90 Å². The number of ketones is 1. The summed E-state index contributed by atoms with van der Waals surface area (Å²) in [6.07, 6.45) is 1.75. The van der Waals surface area contributed by atoms with Crippen LogP contribution in [0.15, 0.2) is 18.2 Å². The molecule has 0 spiro atoms. The second-order valence-corrected chi connectivity index (χ2v) is 5.82. The van der Waals surface area contributed by atoms with Gasteiger partial charge in [-0.2, -0.15) is 0 Å². The van der Waals surface area contributed by atoms with Crippen LogP contribution >= 0.6 is 0 Å². The molecule has 0 aromatic heterocycles. The molecule has 0 unspecified atom stereocenters. The van der Waals surface area contributed by atoms with Crippen LogP contribution in [-0.2, 0) is 9.59 Å². The minimum absolute atomic E-state index is 0.129. The molecule has 1 amide bonds. The normalized spacial score (nSPS) is 16.0. The molecule has 1 heterocycles. The molecular formula is C17H24N2O2. The van der Waals surface area contributed by atoms with E-state index >= 15 is 0 Å². The fraction of sp³-hybridized carbons (Fsp3) is 0.529. The Hall–Kier alpha value is -1.68. The Kier molecular flexibility index (Phi) is 5.12. The highest BCUT2D eigenvalue weighted by Crippen LogP contribution is 2.24. The molecule has 0 radical (unpaired) electrons. The van der Waals surface area contributed by atoms with Crippen LogP contribution in [0.4, 0.5) is 5.69 Å². The summed E-state index contributed by atoms with van der Waals surface area (Å²) < 4.78 is 0. The fourth-order valence-corrected chi connectivity index (χ4v) is 2.91. The zero-order valence-electron chi connectivity index (χ0n) is 13.2. The lowest BCUT2D eigenvalue weighted by molar-refractivity contribution is -0.121. The highest BCUT2D eigenvalue weighted by atomic mass is 16.2. The molecule has 1 saturated heterocycles. The van der Waals surface area contributed by atoms with Crippen molar-refractivity contribution in [2.75, 3.05) is 31.6 Å². The third-order valence-electron chi connectivity index (χ3n) is 4.20. The van der Waals surface area contributed by atoms with Crippen molar-refractivity contribution in [2.45, 2.75) is 33.1 Å². The average Bonchev–Trinajstić information content (AvgIpc) is 2.46. The van der Waals surface area contributed by atoms with Gasteiger partial charge in [-0.1, -0.05) is 18.2 Å². The monoisotopic (exact) mass is 288 g/mol. The summed E-state index contributed by atoms with van der Waals surface area (Å²) in [5.74, 6) is 0.467. The van der Waals surface area contributed by atoms with Gasteiger partial charge in [-0.05, 0) is 25.0 Å². The summed E-state index contributed by atoms with van der Waals surface area (Å²) in [6, 6.07) is 6.07. The maximum absolute atomic E-state index is 12.4. The molecule has 1 aliphatic rings. The van der Waals surface area contributed by atoms with Gasteiger partial charge in [-0.25, -0.2) is 0 Å². The topological polar surface area (TPSA) is 40.6 Å². The Morgan fingerprint density at radius 3 is 2.33 bits per heavy atom. The van der Waals surface area contributed by atoms with Gasteiger partial charge in [-0.15, -0.1) is 0 Å². The summed E-state index contributed by atoms with van der Waals surface area (Å²) in [6.45, 7) is 6.38. The first-order chi connectivity index (χ1) is 9.99. The third kappa shape index (κ3) is 3.91. The number of carbonyl (C=O) groups excluding carboxylic acids is 2. The molecule has 114 valence electrons. The van der Waals surface area contributed by atoms with Crippen molar-refractivity contribution < 1.29 is 9.59 Å². The number of benzene rings is 1. The van der Waals surface area contributed by atoms with E-state index in [-0.39, 0.29) is 5.91 Å². The second-order valence-electron chi connectivity index (χ2n) is 5.82. The number of rotatable bonds is 4. The van der Waals surface area contributed by atoms with Gasteiger partial charge in [0.1, 0.15) is 5.78 Å². The maximum Gasteiger partial charge on any atom is 0.228 e. The molecule has 1 aromatic carbocycles. The highest BCUT2D eigenvalue weighted by Gasteiger charge is 2.19. The third-order valence-corrected chi connectivity index (χ3v) is 4.20. The van der Waals surface area contributed by atoms with E-state index in [4.69, 9.17) is 0 Å². The van der Waals surface area contributed by atoms with Crippen LogP contribution < -0.4 is 4.90 Å². The zero-order chi connectivity index (χ0) is 15.4. The maximum atomic E-state index is 12.4. The molecule has 2 rings (SSSR count). The molecular weight excluding hydrogens is 264 g/mol. The number of Topliss-reactive ketones (excluding diaryl/α,β-unsaturated/α-hetero) is 1. The van der Waals surface area contributed by atoms with Crippen molar-refractivity contribution in [3.8, 4) is 0 Å². The number of likely N-dealkylation sites (tertiary alicyclic amines) is 1. The van der Waals surface area contributed by atoms with E-state index in [0.29, 0.717) is 25.0 Å². The predicted molar refractivity (Wildman–Crippen MR) is 84.6 cm³/mol. The van der Waals surface area contributed by atoms with Gasteiger partial charge in [0.2, 0.25) is 5.91 Å². The quantitative estimate of drug-likeness (QED) is 0.853. The minimum atomic E-state index is 0.129. The lowest BCUT2D eigenvalue weighted by Gasteiger charge is -2.27. The molecule has 0 atom stereocenters. The smallest absolute Gasteiger partial charge is 0.228 e. The molecule has 0 saturated carbocycles. The van der Waals surface area contributed by atoms with E-state index in [1.807, 2.05) is 39.1 Å². The Labute approximate surface area is 126 Å². The van der Waals surface area contributed by atoms with Crippen molar-refractivity contribution in [3.05, 3.63) is 29.3 Å². The summed E-state index contributed by atoms with van der Waals surface area (Å²) in [5.41, 5.74) is 3.25. The van der Waals surface area contributed by atoms with Crippen molar-refractivity contribution in [3.63, 3.8) is 0 Å². The van der Waals surface area contributed by atoms with Crippen LogP contribution in [0.2, 0.25) is 0 Å². The molecule has 0 bridgehead atoms. The molecule has 0 N–H and O–H groups in total. The molecule has 4 heteroatoms. The summed E-state index contributed by atoms with van der Waals surface area (Å²) >= 11 is 0. The van der Waals surface area contributed by atoms with Gasteiger partial charge in [0, 0.05) is 51.6 Å². The molecule has 1 aromatic rings. The van der Waals surface area contributed by atoms with Gasteiger partial charge in [0.25, 0.3) is 0 Å². The predicted octanol–water partition coefficient (Wildman–Crippen LogP) is 2.32. The lowest BCUT2D eigenvalue weighted by atomic mass is 10.1. The highest BCUT2D eigenvalue weighted by molar-refractivity contribution is 5.94. The first-order valence-corrected chi connectivity index (χ1v) is 7.56. The molecule has 21 heavy (non-hydrogen) atoms. The minimum Gasteiger partial charge on any atom is -0.315 e. The number of hydrogen-bond acceptors (Lipinski definition) is 3. The largest absolute Gasteiger partial charge is 0.315 e. The number of nitrogens with zero attached hydrogens (tertiary/aromatic N) is 2. The van der Waals surface area contributed by atoms with Crippen LogP contribution in [-0.4, -0.2) is 43.3 Å². The lowest BCUT2D eigenvalue weighted by Crippen LogP contribution is -2.37. The standard InChI is InChI=1S/C17H24N2O2/c1-13-5-4-6-14(2)17(13)18(3)16(21)9-12-19-10-7-15(20)8-11-19/h4-6H,7-12H2,1-3H3. The number of anilines is 1. The number of carbonyl (C=O) groups is 2. The Balaban J connectivity index is 1.92. The first-order valence-electron chi connectivity index (χ1n) is 7.56. The van der Waals surface area contributed by atoms with Gasteiger partial charge >= 0.3 is 0 Å². The van der Waals surface area contributed by atoms with E-state index < -0.39 is 0 Å². The zero-order valence-corrected chi connectivity index (χ0v) is 13.2. The molecule has 0 aliphatic carbocycles. The number of amides is 1. The van der Waals surface area contributed by atoms with Crippen LogP contribution in [0.5, 0.6) is 0 Å². The Morgan fingerprint density at radius 1 is 1.19 bits per heavy atom. The molecule has 4 nitrogen and oxygen atoms in total. The average molecular weight is 288 g/mol. The number of aryl methyl sites for hydroxylation is 2. The van der Waals surface area contributed by atoms with E-state index in [9.17, 15) is 9.59 Å². The molecule has 1 aliphatic heterocycles. The number of para-hydroxylation sites is 1. The van der Waals surface area contributed by atoms with E-state index in [1.54, 1.807) is 4.90 Å². The fourth-order valence-electron chi connectivity index (χ4n) is 2.91. The van der Waals surface area contributed by atoms with E-state index in [0.717, 1.165) is 36.4 Å². The molecule has 1 fully saturated rings. The van der Waals surface area contributed by atoms with E-state index in [1.165, 1.54) is 0 Å². The van der Waals surface area contributed by atoms with Crippen LogP contribution in [0.25, 0.3) is 0 Å². The summed E-state index contributed by atoms with van der Waals surface area (Å²) in [5, 5.41) is 0. The van der Waals surface area contributed by atoms with Crippen molar-refractivity contribution in [1.29, 1.82) is 0 Å². The summed E-state index contributed by atoms with van der Waals surface area (Å²) in [7, 11) is 1.84. The first kappa shape index (κ1) is 15.7. The van der Waals surface area contributed by atoms with E-state index in [2.05, 4.69) is 4.90 Å². The van der Waals surface area contributed by atoms with Crippen LogP contribution in [0.3, 0.4) is 0 Å². The van der Waals surface area contributed by atoms with Crippen LogP contribution in [0, 0.1) is 13.8 Å². The van der Waals surface area contributed by atoms with Gasteiger partial charge < -0.3 is 9.80 Å². The van der Waals surface area contributed by atoms with Crippen LogP contribution in [0.1, 0.15) is 30.4 Å². The number of hydrogen-bond donors (Lipinski definition) is 0. The van der Waals surface area contributed by atoms with Gasteiger partial charge in [-0.3, -0.25) is 9.59 Å². The van der Waals surface area contributed by atoms with Crippen molar-refractivity contribution >= 4 is 17.4 Å². The van der Waals surface area contributed by atoms with Gasteiger partial charge in [0.15, 0.2) is 0 Å². The second kappa shape index (κ2) is 6.85. The summed E-state index contributed by atoms with van der Waals surface area (Å²) in [4.78, 5) is 27.6.